The van der Waals surface area contributed by atoms with Gasteiger partial charge in [-0.15, -0.1) is 10.2 Å². The smallest absolute Gasteiger partial charge is 0.234 e. The number of carbonyl (C=O) groups is 1. The van der Waals surface area contributed by atoms with Crippen LogP contribution in [0.15, 0.2) is 82.6 Å². The van der Waals surface area contributed by atoms with Gasteiger partial charge in [-0.3, -0.25) is 9.36 Å². The number of aromatic nitrogens is 3. The molecule has 0 atom stereocenters. The molecule has 2 aromatic heterocycles. The van der Waals surface area contributed by atoms with E-state index in [1.54, 1.807) is 30.5 Å². The van der Waals surface area contributed by atoms with Gasteiger partial charge in [0.1, 0.15) is 5.76 Å². The quantitative estimate of drug-likeness (QED) is 0.455. The van der Waals surface area contributed by atoms with E-state index in [9.17, 15) is 4.79 Å². The van der Waals surface area contributed by atoms with Crippen molar-refractivity contribution < 1.29 is 9.21 Å². The molecule has 4 rings (SSSR count). The number of thioether (sulfide) groups is 1. The number of hydrogen-bond donors (Lipinski definition) is 1. The molecule has 2 heterocycles. The number of anilines is 1. The number of benzene rings is 2. The Morgan fingerprint density at radius 1 is 1.07 bits per heavy atom. The average molecular weight is 415 g/mol. The van der Waals surface area contributed by atoms with E-state index >= 15 is 0 Å². The Hall–Kier alpha value is -3.83. The van der Waals surface area contributed by atoms with Crippen molar-refractivity contribution in [1.29, 1.82) is 5.26 Å². The summed E-state index contributed by atoms with van der Waals surface area (Å²) < 4.78 is 7.43. The van der Waals surface area contributed by atoms with Crippen LogP contribution in [-0.2, 0) is 11.3 Å². The van der Waals surface area contributed by atoms with Crippen molar-refractivity contribution >= 4 is 23.4 Å². The zero-order chi connectivity index (χ0) is 20.8. The van der Waals surface area contributed by atoms with Crippen LogP contribution in [0.5, 0.6) is 0 Å². The minimum absolute atomic E-state index is 0.168. The van der Waals surface area contributed by atoms with Crippen molar-refractivity contribution in [2.45, 2.75) is 11.7 Å². The van der Waals surface area contributed by atoms with Gasteiger partial charge < -0.3 is 9.73 Å². The van der Waals surface area contributed by atoms with Gasteiger partial charge in [-0.2, -0.15) is 5.26 Å². The Morgan fingerprint density at radius 3 is 2.57 bits per heavy atom. The number of hydrogen-bond acceptors (Lipinski definition) is 6. The molecule has 0 radical (unpaired) electrons. The van der Waals surface area contributed by atoms with Crippen molar-refractivity contribution in [3.05, 3.63) is 84.3 Å². The summed E-state index contributed by atoms with van der Waals surface area (Å²) in [4.78, 5) is 12.4. The SMILES string of the molecule is N#Cc1ccc(NC(=O)CSc2nnc(-c3ccccc3)n2Cc2ccco2)cc1. The first kappa shape index (κ1) is 19.5. The zero-order valence-electron chi connectivity index (χ0n) is 15.9. The van der Waals surface area contributed by atoms with E-state index < -0.39 is 0 Å². The van der Waals surface area contributed by atoms with Gasteiger partial charge >= 0.3 is 0 Å². The number of nitrogens with one attached hydrogen (secondary N) is 1. The van der Waals surface area contributed by atoms with Crippen LogP contribution >= 0.6 is 11.8 Å². The fraction of sp³-hybridized carbons (Fsp3) is 0.0909. The first-order chi connectivity index (χ1) is 14.7. The Morgan fingerprint density at radius 2 is 1.87 bits per heavy atom. The minimum atomic E-state index is -0.168. The summed E-state index contributed by atoms with van der Waals surface area (Å²) in [6, 6.07) is 22.3. The maximum absolute atomic E-state index is 12.4. The van der Waals surface area contributed by atoms with Gasteiger partial charge in [0.25, 0.3) is 0 Å². The van der Waals surface area contributed by atoms with Crippen molar-refractivity contribution in [3.8, 4) is 17.5 Å². The number of nitrogens with zero attached hydrogens (tertiary/aromatic N) is 4. The Bertz CT molecular complexity index is 1160. The molecule has 4 aromatic rings. The number of rotatable bonds is 7. The summed E-state index contributed by atoms with van der Waals surface area (Å²) in [5.74, 6) is 1.49. The molecule has 0 aliphatic rings. The monoisotopic (exact) mass is 415 g/mol. The largest absolute Gasteiger partial charge is 0.467 e. The average Bonchev–Trinajstić information content (AvgIpc) is 3.44. The van der Waals surface area contributed by atoms with E-state index in [0.717, 1.165) is 11.3 Å². The minimum Gasteiger partial charge on any atom is -0.467 e. The van der Waals surface area contributed by atoms with Gasteiger partial charge in [-0.25, -0.2) is 0 Å². The van der Waals surface area contributed by atoms with Gasteiger partial charge in [0.05, 0.1) is 30.2 Å². The standard InChI is InChI=1S/C22H17N5O2S/c23-13-16-8-10-18(11-9-16)24-20(28)15-30-22-26-25-21(17-5-2-1-3-6-17)27(22)14-19-7-4-12-29-19/h1-12H,14-15H2,(H,24,28). The van der Waals surface area contributed by atoms with E-state index in [1.807, 2.05) is 47.0 Å². The Kier molecular flexibility index (Phi) is 5.92. The molecule has 0 saturated heterocycles. The highest BCUT2D eigenvalue weighted by molar-refractivity contribution is 7.99. The highest BCUT2D eigenvalue weighted by Gasteiger charge is 2.17. The van der Waals surface area contributed by atoms with Crippen LogP contribution in [0.4, 0.5) is 5.69 Å². The number of carbonyl (C=O) groups excluding carboxylic acids is 1. The molecule has 30 heavy (non-hydrogen) atoms. The van der Waals surface area contributed by atoms with Crippen molar-refractivity contribution in [2.24, 2.45) is 0 Å². The highest BCUT2D eigenvalue weighted by atomic mass is 32.2. The first-order valence-electron chi connectivity index (χ1n) is 9.17. The van der Waals surface area contributed by atoms with Crippen LogP contribution in [0.3, 0.4) is 0 Å². The third-order valence-electron chi connectivity index (χ3n) is 4.27. The number of furan rings is 1. The number of nitriles is 1. The third kappa shape index (κ3) is 4.59. The molecule has 0 fully saturated rings. The van der Waals surface area contributed by atoms with Crippen LogP contribution in [0.1, 0.15) is 11.3 Å². The predicted molar refractivity (Wildman–Crippen MR) is 114 cm³/mol. The lowest BCUT2D eigenvalue weighted by molar-refractivity contribution is -0.113. The topological polar surface area (TPSA) is 96.7 Å². The first-order valence-corrected chi connectivity index (χ1v) is 10.2. The molecule has 0 aliphatic heterocycles. The molecule has 8 heteroatoms. The van der Waals surface area contributed by atoms with Crippen molar-refractivity contribution in [1.82, 2.24) is 14.8 Å². The third-order valence-corrected chi connectivity index (χ3v) is 5.24. The summed E-state index contributed by atoms with van der Waals surface area (Å²) in [5, 5.41) is 20.9. The number of amides is 1. The molecule has 0 unspecified atom stereocenters. The lowest BCUT2D eigenvalue weighted by Gasteiger charge is -2.09. The van der Waals surface area contributed by atoms with Crippen LogP contribution in [0.25, 0.3) is 11.4 Å². The van der Waals surface area contributed by atoms with Gasteiger partial charge in [0.15, 0.2) is 11.0 Å². The fourth-order valence-corrected chi connectivity index (χ4v) is 3.59. The molecule has 0 saturated carbocycles. The Balaban J connectivity index is 1.49. The van der Waals surface area contributed by atoms with E-state index in [4.69, 9.17) is 9.68 Å². The second-order valence-corrected chi connectivity index (χ2v) is 7.31. The normalized spacial score (nSPS) is 10.5. The van der Waals surface area contributed by atoms with Crippen LogP contribution in [-0.4, -0.2) is 26.4 Å². The molecule has 1 amide bonds. The lowest BCUT2D eigenvalue weighted by Crippen LogP contribution is -2.14. The molecular formula is C22H17N5O2S. The summed E-state index contributed by atoms with van der Waals surface area (Å²) in [5.41, 5.74) is 2.12. The molecule has 1 N–H and O–H groups in total. The van der Waals surface area contributed by atoms with Gasteiger partial charge in [-0.1, -0.05) is 42.1 Å². The Labute approximate surface area is 177 Å². The molecule has 0 spiro atoms. The van der Waals surface area contributed by atoms with E-state index in [1.165, 1.54) is 11.8 Å². The summed E-state index contributed by atoms with van der Waals surface area (Å²) in [7, 11) is 0. The van der Waals surface area contributed by atoms with Crippen LogP contribution in [0.2, 0.25) is 0 Å². The molecule has 7 nitrogen and oxygen atoms in total. The van der Waals surface area contributed by atoms with Gasteiger partial charge in [0, 0.05) is 11.3 Å². The lowest BCUT2D eigenvalue weighted by atomic mass is 10.2. The second-order valence-electron chi connectivity index (χ2n) is 6.36. The summed E-state index contributed by atoms with van der Waals surface area (Å²) in [6.45, 7) is 0.462. The molecule has 2 aromatic carbocycles. The molecule has 0 bridgehead atoms. The molecule has 0 aliphatic carbocycles. The van der Waals surface area contributed by atoms with E-state index in [-0.39, 0.29) is 11.7 Å². The zero-order valence-corrected chi connectivity index (χ0v) is 16.7. The highest BCUT2D eigenvalue weighted by Crippen LogP contribution is 2.25. The predicted octanol–water partition coefficient (Wildman–Crippen LogP) is 4.19. The maximum Gasteiger partial charge on any atom is 0.234 e. The maximum atomic E-state index is 12.4. The van der Waals surface area contributed by atoms with E-state index in [2.05, 4.69) is 21.6 Å². The van der Waals surface area contributed by atoms with Crippen LogP contribution in [0, 0.1) is 11.3 Å². The van der Waals surface area contributed by atoms with Crippen molar-refractivity contribution in [3.63, 3.8) is 0 Å². The van der Waals surface area contributed by atoms with Gasteiger partial charge in [0.2, 0.25) is 5.91 Å². The summed E-state index contributed by atoms with van der Waals surface area (Å²) in [6.07, 6.45) is 1.62. The second kappa shape index (κ2) is 9.11. The van der Waals surface area contributed by atoms with Crippen molar-refractivity contribution in [2.75, 3.05) is 11.1 Å². The van der Waals surface area contributed by atoms with Crippen LogP contribution < -0.4 is 5.32 Å². The van der Waals surface area contributed by atoms with Gasteiger partial charge in [-0.05, 0) is 36.4 Å². The fourth-order valence-electron chi connectivity index (χ4n) is 2.85. The summed E-state index contributed by atoms with van der Waals surface area (Å²) >= 11 is 1.30. The molecular weight excluding hydrogens is 398 g/mol. The molecule has 148 valence electrons. The van der Waals surface area contributed by atoms with E-state index in [0.29, 0.717) is 28.8 Å².